The van der Waals surface area contributed by atoms with Crippen molar-refractivity contribution in [2.75, 3.05) is 0 Å². The maximum atomic E-state index is 11.3. The fraction of sp³-hybridized carbons (Fsp3) is 0.579. The maximum absolute atomic E-state index is 11.3. The van der Waals surface area contributed by atoms with Crippen molar-refractivity contribution in [1.29, 1.82) is 0 Å². The molecule has 0 radical (unpaired) electrons. The lowest BCUT2D eigenvalue weighted by Crippen LogP contribution is -2.32. The van der Waals surface area contributed by atoms with Gasteiger partial charge >= 0.3 is 11.9 Å². The molecule has 23 heavy (non-hydrogen) atoms. The first-order valence-electron chi connectivity index (χ1n) is 8.23. The molecular formula is C19H28O4. The molecular weight excluding hydrogens is 292 g/mol. The van der Waals surface area contributed by atoms with Crippen LogP contribution in [0.1, 0.15) is 59.3 Å². The molecule has 2 unspecified atom stereocenters. The molecule has 0 aromatic carbocycles. The molecule has 0 fully saturated rings. The molecule has 128 valence electrons. The molecule has 2 N–H and O–H groups in total. The summed E-state index contributed by atoms with van der Waals surface area (Å²) in [6.45, 7) is 6.31. The quantitative estimate of drug-likeness (QED) is 0.642. The van der Waals surface area contributed by atoms with Crippen LogP contribution in [0.2, 0.25) is 0 Å². The Morgan fingerprint density at radius 2 is 1.74 bits per heavy atom. The van der Waals surface area contributed by atoms with E-state index in [0.29, 0.717) is 12.8 Å². The van der Waals surface area contributed by atoms with Crippen molar-refractivity contribution in [1.82, 2.24) is 0 Å². The van der Waals surface area contributed by atoms with Gasteiger partial charge in [-0.1, -0.05) is 34.9 Å². The van der Waals surface area contributed by atoms with Crippen LogP contribution < -0.4 is 0 Å². The van der Waals surface area contributed by atoms with Crippen LogP contribution in [0.15, 0.2) is 34.9 Å². The summed E-state index contributed by atoms with van der Waals surface area (Å²) < 4.78 is 0. The summed E-state index contributed by atoms with van der Waals surface area (Å²) in [6.07, 6.45) is 10.8. The highest BCUT2D eigenvalue weighted by Crippen LogP contribution is 2.32. The third-order valence-corrected chi connectivity index (χ3v) is 4.31. The van der Waals surface area contributed by atoms with E-state index in [4.69, 9.17) is 5.11 Å². The van der Waals surface area contributed by atoms with Gasteiger partial charge in [-0.05, 0) is 59.3 Å². The van der Waals surface area contributed by atoms with E-state index in [0.717, 1.165) is 31.3 Å². The van der Waals surface area contributed by atoms with E-state index in [1.807, 2.05) is 6.08 Å². The first-order chi connectivity index (χ1) is 10.8. The molecule has 0 saturated carbocycles. The molecule has 0 spiro atoms. The van der Waals surface area contributed by atoms with Gasteiger partial charge in [-0.3, -0.25) is 9.59 Å². The number of rotatable bonds is 8. The van der Waals surface area contributed by atoms with E-state index in [-0.39, 0.29) is 0 Å². The fourth-order valence-corrected chi connectivity index (χ4v) is 2.90. The van der Waals surface area contributed by atoms with Crippen molar-refractivity contribution in [2.45, 2.75) is 59.3 Å². The molecule has 1 aliphatic carbocycles. The molecule has 0 bridgehead atoms. The molecule has 0 heterocycles. The normalized spacial score (nSPS) is 21.5. The predicted molar refractivity (Wildman–Crippen MR) is 91.2 cm³/mol. The van der Waals surface area contributed by atoms with Gasteiger partial charge < -0.3 is 10.2 Å². The van der Waals surface area contributed by atoms with Crippen LogP contribution in [0.4, 0.5) is 0 Å². The number of allylic oxidation sites excluding steroid dienone is 6. The summed E-state index contributed by atoms with van der Waals surface area (Å²) in [6, 6.07) is 0. The molecule has 0 aliphatic heterocycles. The Balaban J connectivity index is 2.50. The van der Waals surface area contributed by atoms with Crippen LogP contribution >= 0.6 is 0 Å². The maximum Gasteiger partial charge on any atom is 0.307 e. The Labute approximate surface area is 138 Å². The number of aliphatic carboxylic acids is 2. The lowest BCUT2D eigenvalue weighted by atomic mass is 9.78. The second-order valence-corrected chi connectivity index (χ2v) is 6.60. The summed E-state index contributed by atoms with van der Waals surface area (Å²) in [7, 11) is 0. The second kappa shape index (κ2) is 9.33. The van der Waals surface area contributed by atoms with Gasteiger partial charge in [-0.25, -0.2) is 0 Å². The van der Waals surface area contributed by atoms with Crippen LogP contribution in [0.3, 0.4) is 0 Å². The monoisotopic (exact) mass is 320 g/mol. The molecule has 0 aromatic rings. The third-order valence-electron chi connectivity index (χ3n) is 4.31. The summed E-state index contributed by atoms with van der Waals surface area (Å²) in [4.78, 5) is 22.4. The average molecular weight is 320 g/mol. The van der Waals surface area contributed by atoms with Gasteiger partial charge in [0.1, 0.15) is 0 Å². The standard InChI is InChI=1S/C19H28O4/c1-13(2)6-4-7-14(3)8-5-9-15-10-11-16(18(20)21)17(12-15)19(22)23/h6,8,10,16-17H,4-5,7,9,11-12H2,1-3H3,(H,20,21)(H,22,23). The molecule has 1 rings (SSSR count). The Bertz CT molecular complexity index is 521. The van der Waals surface area contributed by atoms with Crippen molar-refractivity contribution < 1.29 is 19.8 Å². The highest BCUT2D eigenvalue weighted by molar-refractivity contribution is 5.80. The third kappa shape index (κ3) is 6.85. The minimum atomic E-state index is -1.01. The Morgan fingerprint density at radius 3 is 2.30 bits per heavy atom. The molecule has 0 saturated heterocycles. The lowest BCUT2D eigenvalue weighted by Gasteiger charge is -2.25. The number of carboxylic acid groups (broad SMARTS) is 2. The highest BCUT2D eigenvalue weighted by Gasteiger charge is 2.35. The minimum absolute atomic E-state index is 0.324. The van der Waals surface area contributed by atoms with Gasteiger partial charge in [0.15, 0.2) is 0 Å². The Hall–Kier alpha value is -1.84. The SMILES string of the molecule is CC(C)=CCCC(C)=CCCC1=CCC(C(=O)O)C(C(=O)O)C1. The Kier molecular flexibility index (Phi) is 7.79. The second-order valence-electron chi connectivity index (χ2n) is 6.60. The molecule has 1 aliphatic rings. The van der Waals surface area contributed by atoms with Gasteiger partial charge in [0, 0.05) is 0 Å². The van der Waals surface area contributed by atoms with E-state index in [1.165, 1.54) is 11.1 Å². The summed E-state index contributed by atoms with van der Waals surface area (Å²) >= 11 is 0. The van der Waals surface area contributed by atoms with Crippen molar-refractivity contribution in [3.05, 3.63) is 34.9 Å². The van der Waals surface area contributed by atoms with E-state index in [1.54, 1.807) is 0 Å². The zero-order valence-electron chi connectivity index (χ0n) is 14.3. The first-order valence-corrected chi connectivity index (χ1v) is 8.23. The molecule has 2 atom stereocenters. The summed E-state index contributed by atoms with van der Waals surface area (Å²) in [5, 5.41) is 18.3. The van der Waals surface area contributed by atoms with Crippen molar-refractivity contribution >= 4 is 11.9 Å². The van der Waals surface area contributed by atoms with E-state index < -0.39 is 23.8 Å². The molecule has 0 amide bonds. The highest BCUT2D eigenvalue weighted by atomic mass is 16.4. The number of carboxylic acids is 2. The zero-order chi connectivity index (χ0) is 17.4. The number of carbonyl (C=O) groups is 2. The minimum Gasteiger partial charge on any atom is -0.481 e. The predicted octanol–water partition coefficient (Wildman–Crippen LogP) is 4.58. The lowest BCUT2D eigenvalue weighted by molar-refractivity contribution is -0.153. The van der Waals surface area contributed by atoms with Crippen LogP contribution in [0.25, 0.3) is 0 Å². The fourth-order valence-electron chi connectivity index (χ4n) is 2.90. The number of hydrogen-bond donors (Lipinski definition) is 2. The number of hydrogen-bond acceptors (Lipinski definition) is 2. The van der Waals surface area contributed by atoms with E-state index >= 15 is 0 Å². The van der Waals surface area contributed by atoms with Crippen LogP contribution in [-0.4, -0.2) is 22.2 Å². The summed E-state index contributed by atoms with van der Waals surface area (Å²) in [5.74, 6) is -3.60. The van der Waals surface area contributed by atoms with Crippen molar-refractivity contribution in [3.63, 3.8) is 0 Å². The zero-order valence-corrected chi connectivity index (χ0v) is 14.3. The topological polar surface area (TPSA) is 74.6 Å². The molecule has 4 heteroatoms. The first kappa shape index (κ1) is 19.2. The largest absolute Gasteiger partial charge is 0.481 e. The van der Waals surface area contributed by atoms with E-state index in [2.05, 4.69) is 32.9 Å². The van der Waals surface area contributed by atoms with Gasteiger partial charge in [0.2, 0.25) is 0 Å². The van der Waals surface area contributed by atoms with Crippen LogP contribution in [0, 0.1) is 11.8 Å². The van der Waals surface area contributed by atoms with Gasteiger partial charge in [0.25, 0.3) is 0 Å². The smallest absolute Gasteiger partial charge is 0.307 e. The van der Waals surface area contributed by atoms with Crippen molar-refractivity contribution in [2.24, 2.45) is 11.8 Å². The van der Waals surface area contributed by atoms with Gasteiger partial charge in [0.05, 0.1) is 11.8 Å². The molecule has 0 aromatic heterocycles. The van der Waals surface area contributed by atoms with Crippen molar-refractivity contribution in [3.8, 4) is 0 Å². The van der Waals surface area contributed by atoms with E-state index in [9.17, 15) is 14.7 Å². The van der Waals surface area contributed by atoms with Crippen LogP contribution in [0.5, 0.6) is 0 Å². The van der Waals surface area contributed by atoms with Gasteiger partial charge in [-0.15, -0.1) is 0 Å². The van der Waals surface area contributed by atoms with Crippen LogP contribution in [-0.2, 0) is 9.59 Å². The molecule has 4 nitrogen and oxygen atoms in total. The average Bonchev–Trinajstić information content (AvgIpc) is 2.46. The summed E-state index contributed by atoms with van der Waals surface area (Å²) in [5.41, 5.74) is 3.75. The van der Waals surface area contributed by atoms with Gasteiger partial charge in [-0.2, -0.15) is 0 Å². The Morgan fingerprint density at radius 1 is 1.09 bits per heavy atom.